The van der Waals surface area contributed by atoms with Crippen LogP contribution >= 0.6 is 0 Å². The summed E-state index contributed by atoms with van der Waals surface area (Å²) in [6.45, 7) is 4.98. The molecule has 3 aromatic carbocycles. The van der Waals surface area contributed by atoms with Crippen LogP contribution in [-0.4, -0.2) is 34.9 Å². The molecule has 4 rings (SSSR count). The number of nitro benzene ring substituents is 1. The summed E-state index contributed by atoms with van der Waals surface area (Å²) < 4.78 is 0. The highest BCUT2D eigenvalue weighted by molar-refractivity contribution is 6.05. The molecule has 1 heterocycles. The van der Waals surface area contributed by atoms with Crippen molar-refractivity contribution in [3.05, 3.63) is 99.6 Å². The summed E-state index contributed by atoms with van der Waals surface area (Å²) in [5.41, 5.74) is 2.98. The first-order valence-electron chi connectivity index (χ1n) is 11.1. The Bertz CT molecular complexity index is 1210. The molecule has 1 fully saturated rings. The summed E-state index contributed by atoms with van der Waals surface area (Å²) in [4.78, 5) is 40.1. The van der Waals surface area contributed by atoms with Gasteiger partial charge in [0.15, 0.2) is 0 Å². The Kier molecular flexibility index (Phi) is 6.58. The predicted octanol–water partition coefficient (Wildman–Crippen LogP) is 5.55. The number of anilines is 2. The van der Waals surface area contributed by atoms with Crippen molar-refractivity contribution >= 4 is 29.0 Å². The second-order valence-electron chi connectivity index (χ2n) is 8.33. The van der Waals surface area contributed by atoms with Crippen molar-refractivity contribution in [2.45, 2.75) is 26.3 Å². The van der Waals surface area contributed by atoms with Crippen molar-refractivity contribution in [2.24, 2.45) is 0 Å². The van der Waals surface area contributed by atoms with Gasteiger partial charge in [0.2, 0.25) is 0 Å². The molecular weight excluding hydrogens is 432 g/mol. The Morgan fingerprint density at radius 3 is 2.41 bits per heavy atom. The van der Waals surface area contributed by atoms with Gasteiger partial charge in [0.25, 0.3) is 11.6 Å². The second kappa shape index (κ2) is 9.74. The van der Waals surface area contributed by atoms with Crippen LogP contribution in [0.5, 0.6) is 0 Å². The molecule has 3 amide bonds. The van der Waals surface area contributed by atoms with Gasteiger partial charge in [-0.1, -0.05) is 36.4 Å². The maximum absolute atomic E-state index is 13.2. The molecule has 174 valence electrons. The van der Waals surface area contributed by atoms with Crippen LogP contribution in [0.1, 0.15) is 40.9 Å². The Hall–Kier alpha value is -4.20. The molecular formula is C26H26N4O4. The Balaban J connectivity index is 1.46. The average molecular weight is 459 g/mol. The van der Waals surface area contributed by atoms with E-state index >= 15 is 0 Å². The molecule has 0 aliphatic carbocycles. The van der Waals surface area contributed by atoms with E-state index in [-0.39, 0.29) is 23.3 Å². The van der Waals surface area contributed by atoms with Crippen LogP contribution in [0.15, 0.2) is 72.8 Å². The molecule has 0 aromatic heterocycles. The minimum absolute atomic E-state index is 0.0337. The summed E-state index contributed by atoms with van der Waals surface area (Å²) in [5.74, 6) is -0.437. The van der Waals surface area contributed by atoms with Gasteiger partial charge in [-0.25, -0.2) is 4.79 Å². The van der Waals surface area contributed by atoms with Crippen LogP contribution in [0.4, 0.5) is 21.9 Å². The lowest BCUT2D eigenvalue weighted by Crippen LogP contribution is -2.50. The van der Waals surface area contributed by atoms with Crippen molar-refractivity contribution < 1.29 is 14.5 Å². The Morgan fingerprint density at radius 2 is 1.74 bits per heavy atom. The number of aryl methyl sites for hydroxylation is 1. The minimum Gasteiger partial charge on any atom is -0.322 e. The van der Waals surface area contributed by atoms with E-state index in [1.165, 1.54) is 6.07 Å². The van der Waals surface area contributed by atoms with E-state index in [0.29, 0.717) is 24.3 Å². The number of amides is 3. The van der Waals surface area contributed by atoms with E-state index in [2.05, 4.69) is 5.32 Å². The lowest BCUT2D eigenvalue weighted by atomic mass is 10.1. The highest BCUT2D eigenvalue weighted by Gasteiger charge is 2.30. The fourth-order valence-electron chi connectivity index (χ4n) is 4.13. The molecule has 1 N–H and O–H groups in total. The number of carbonyl (C=O) groups is 2. The molecule has 1 saturated heterocycles. The van der Waals surface area contributed by atoms with Gasteiger partial charge >= 0.3 is 6.03 Å². The van der Waals surface area contributed by atoms with E-state index in [9.17, 15) is 19.7 Å². The van der Waals surface area contributed by atoms with Gasteiger partial charge in [0.05, 0.1) is 11.0 Å². The third kappa shape index (κ3) is 4.76. The normalized spacial score (nSPS) is 14.6. The molecule has 0 unspecified atom stereocenters. The van der Waals surface area contributed by atoms with E-state index in [1.807, 2.05) is 42.2 Å². The summed E-state index contributed by atoms with van der Waals surface area (Å²) in [7, 11) is 0. The van der Waals surface area contributed by atoms with Gasteiger partial charge in [-0.15, -0.1) is 0 Å². The number of nitrogens with zero attached hydrogens (tertiary/aromatic N) is 3. The molecule has 1 aliphatic heterocycles. The standard InChI is InChI=1S/C26H26N4O4/c1-18-9-10-21(17-24(18)30(33)34)25(31)27-22-11-13-23(14-12-22)29-16-6-15-28(26(29)32)19(2)20-7-4-3-5-8-20/h3-5,7-14,17,19H,6,15-16H2,1-2H3,(H,27,31)/t19-/m1/s1. The van der Waals surface area contributed by atoms with Crippen LogP contribution in [-0.2, 0) is 0 Å². The number of urea groups is 1. The van der Waals surface area contributed by atoms with Gasteiger partial charge in [0.1, 0.15) is 0 Å². The van der Waals surface area contributed by atoms with E-state index < -0.39 is 10.8 Å². The lowest BCUT2D eigenvalue weighted by Gasteiger charge is -2.39. The number of nitro groups is 1. The van der Waals surface area contributed by atoms with Gasteiger partial charge in [-0.3, -0.25) is 19.8 Å². The fraction of sp³-hybridized carbons (Fsp3) is 0.231. The molecule has 8 nitrogen and oxygen atoms in total. The molecule has 1 atom stereocenters. The minimum atomic E-state index is -0.502. The molecule has 3 aromatic rings. The van der Waals surface area contributed by atoms with E-state index in [1.54, 1.807) is 48.2 Å². The second-order valence-corrected chi connectivity index (χ2v) is 8.33. The maximum atomic E-state index is 13.2. The van der Waals surface area contributed by atoms with Crippen molar-refractivity contribution in [3.8, 4) is 0 Å². The Labute approximate surface area is 198 Å². The molecule has 0 radical (unpaired) electrons. The largest absolute Gasteiger partial charge is 0.324 e. The van der Waals surface area contributed by atoms with Gasteiger partial charge < -0.3 is 10.2 Å². The van der Waals surface area contributed by atoms with Gasteiger partial charge in [-0.05, 0) is 56.2 Å². The van der Waals surface area contributed by atoms with Gasteiger partial charge in [0, 0.05) is 41.7 Å². The number of hydrogen-bond donors (Lipinski definition) is 1. The average Bonchev–Trinajstić information content (AvgIpc) is 2.85. The van der Waals surface area contributed by atoms with E-state index in [4.69, 9.17) is 0 Å². The fourth-order valence-corrected chi connectivity index (χ4v) is 4.13. The topological polar surface area (TPSA) is 95.8 Å². The lowest BCUT2D eigenvalue weighted by molar-refractivity contribution is -0.385. The van der Waals surface area contributed by atoms with Crippen LogP contribution in [0.25, 0.3) is 0 Å². The zero-order valence-electron chi connectivity index (χ0n) is 19.1. The number of hydrogen-bond acceptors (Lipinski definition) is 4. The van der Waals surface area contributed by atoms with E-state index in [0.717, 1.165) is 17.7 Å². The van der Waals surface area contributed by atoms with Gasteiger partial charge in [-0.2, -0.15) is 0 Å². The molecule has 8 heteroatoms. The smallest absolute Gasteiger partial charge is 0.322 e. The highest BCUT2D eigenvalue weighted by atomic mass is 16.6. The van der Waals surface area contributed by atoms with Crippen LogP contribution < -0.4 is 10.2 Å². The third-order valence-electron chi connectivity index (χ3n) is 6.11. The first-order valence-corrected chi connectivity index (χ1v) is 11.1. The summed E-state index contributed by atoms with van der Waals surface area (Å²) in [6.07, 6.45) is 0.855. The summed E-state index contributed by atoms with van der Waals surface area (Å²) in [6, 6.07) is 21.3. The molecule has 0 bridgehead atoms. The third-order valence-corrected chi connectivity index (χ3v) is 6.11. The Morgan fingerprint density at radius 1 is 1.03 bits per heavy atom. The first kappa shape index (κ1) is 23.0. The number of carbonyl (C=O) groups excluding carboxylic acids is 2. The zero-order valence-corrected chi connectivity index (χ0v) is 19.1. The van der Waals surface area contributed by atoms with Crippen LogP contribution in [0.2, 0.25) is 0 Å². The predicted molar refractivity (Wildman–Crippen MR) is 131 cm³/mol. The van der Waals surface area contributed by atoms with Crippen LogP contribution in [0, 0.1) is 17.0 Å². The highest BCUT2D eigenvalue weighted by Crippen LogP contribution is 2.28. The van der Waals surface area contributed by atoms with Crippen molar-refractivity contribution in [2.75, 3.05) is 23.3 Å². The first-order chi connectivity index (χ1) is 16.3. The molecule has 0 saturated carbocycles. The summed E-state index contributed by atoms with van der Waals surface area (Å²) >= 11 is 0. The molecule has 34 heavy (non-hydrogen) atoms. The van der Waals surface area contributed by atoms with Crippen molar-refractivity contribution in [3.63, 3.8) is 0 Å². The van der Waals surface area contributed by atoms with Crippen molar-refractivity contribution in [1.29, 1.82) is 0 Å². The molecule has 1 aliphatic rings. The van der Waals surface area contributed by atoms with Crippen LogP contribution in [0.3, 0.4) is 0 Å². The molecule has 0 spiro atoms. The zero-order chi connectivity index (χ0) is 24.2. The number of rotatable bonds is 6. The monoisotopic (exact) mass is 458 g/mol. The van der Waals surface area contributed by atoms with Crippen molar-refractivity contribution in [1.82, 2.24) is 4.90 Å². The quantitative estimate of drug-likeness (QED) is 0.387. The number of nitrogens with one attached hydrogen (secondary N) is 1. The SMILES string of the molecule is Cc1ccc(C(=O)Nc2ccc(N3CCCN([C@H](C)c4ccccc4)C3=O)cc2)cc1[N+](=O)[O-]. The number of benzene rings is 3. The summed E-state index contributed by atoms with van der Waals surface area (Å²) in [5, 5.41) is 13.9. The maximum Gasteiger partial charge on any atom is 0.324 e.